The maximum Gasteiger partial charge on any atom is 0.339 e. The summed E-state index contributed by atoms with van der Waals surface area (Å²) in [7, 11) is 3.28. The van der Waals surface area contributed by atoms with Gasteiger partial charge in [-0.25, -0.2) is 9.78 Å². The summed E-state index contributed by atoms with van der Waals surface area (Å²) in [5.41, 5.74) is 0.688. The highest BCUT2D eigenvalue weighted by molar-refractivity contribution is 6.05. The van der Waals surface area contributed by atoms with Crippen LogP contribution in [-0.4, -0.2) is 68.6 Å². The number of nitrogens with zero attached hydrogens (tertiary/aromatic N) is 2. The summed E-state index contributed by atoms with van der Waals surface area (Å²) in [6.07, 6.45) is 1.27. The minimum atomic E-state index is -1.14. The van der Waals surface area contributed by atoms with Crippen molar-refractivity contribution in [2.24, 2.45) is 0 Å². The van der Waals surface area contributed by atoms with Crippen LogP contribution in [0.5, 0.6) is 5.75 Å². The van der Waals surface area contributed by atoms with Crippen molar-refractivity contribution in [2.45, 2.75) is 6.10 Å². The number of hydrogen-bond donors (Lipinski definition) is 2. The van der Waals surface area contributed by atoms with Crippen LogP contribution in [-0.2, 0) is 9.47 Å². The Morgan fingerprint density at radius 2 is 2.07 bits per heavy atom. The molecule has 1 aliphatic rings. The quantitative estimate of drug-likeness (QED) is 0.724. The molecule has 2 heterocycles. The molecule has 0 aliphatic carbocycles. The molecule has 1 atom stereocenters. The van der Waals surface area contributed by atoms with Crippen molar-refractivity contribution < 1.29 is 28.9 Å². The summed E-state index contributed by atoms with van der Waals surface area (Å²) in [4.78, 5) is 30.1. The van der Waals surface area contributed by atoms with E-state index in [1.807, 2.05) is 0 Å². The lowest BCUT2D eigenvalue weighted by Crippen LogP contribution is -2.39. The van der Waals surface area contributed by atoms with Gasteiger partial charge in [-0.3, -0.25) is 4.79 Å². The van der Waals surface area contributed by atoms with Gasteiger partial charge in [0.05, 0.1) is 44.9 Å². The van der Waals surface area contributed by atoms with Crippen molar-refractivity contribution >= 4 is 23.4 Å². The van der Waals surface area contributed by atoms with Crippen LogP contribution < -0.4 is 15.0 Å². The molecule has 1 aromatic carbocycles. The highest BCUT2D eigenvalue weighted by atomic mass is 16.6. The number of aromatic carboxylic acids is 1. The standard InChI is InChI=1S/C20H23N3O6/c1-23(11-16-12-28-7-8-29-16)18-17(20(25)26)9-14(10-21-18)22-19(24)13-3-5-15(27-2)6-4-13/h3-6,9-10,16H,7-8,11-12H2,1-2H3,(H,22,24)(H,25,26)/t16-/m0/s1. The highest BCUT2D eigenvalue weighted by Crippen LogP contribution is 2.22. The van der Waals surface area contributed by atoms with Crippen LogP contribution in [0.1, 0.15) is 20.7 Å². The van der Waals surface area contributed by atoms with Crippen molar-refractivity contribution in [1.29, 1.82) is 0 Å². The van der Waals surface area contributed by atoms with E-state index in [9.17, 15) is 14.7 Å². The Balaban J connectivity index is 1.74. The van der Waals surface area contributed by atoms with Crippen LogP contribution in [0.4, 0.5) is 11.5 Å². The van der Waals surface area contributed by atoms with E-state index in [1.165, 1.54) is 12.3 Å². The number of carboxylic acid groups (broad SMARTS) is 1. The molecule has 29 heavy (non-hydrogen) atoms. The number of carbonyl (C=O) groups is 2. The first kappa shape index (κ1) is 20.6. The van der Waals surface area contributed by atoms with Gasteiger partial charge in [0.1, 0.15) is 17.1 Å². The van der Waals surface area contributed by atoms with Gasteiger partial charge in [-0.1, -0.05) is 0 Å². The number of ether oxygens (including phenoxy) is 3. The smallest absolute Gasteiger partial charge is 0.339 e. The fourth-order valence-corrected chi connectivity index (χ4v) is 2.97. The molecule has 0 radical (unpaired) electrons. The Morgan fingerprint density at radius 1 is 1.31 bits per heavy atom. The molecule has 3 rings (SSSR count). The topological polar surface area (TPSA) is 110 Å². The first-order chi connectivity index (χ1) is 14.0. The molecule has 2 aromatic rings. The number of pyridine rings is 1. The predicted molar refractivity (Wildman–Crippen MR) is 106 cm³/mol. The molecule has 0 bridgehead atoms. The Kier molecular flexibility index (Phi) is 6.63. The van der Waals surface area contributed by atoms with Gasteiger partial charge in [-0.15, -0.1) is 0 Å². The Labute approximate surface area is 168 Å². The van der Waals surface area contributed by atoms with Gasteiger partial charge in [-0.05, 0) is 30.3 Å². The normalized spacial score (nSPS) is 16.1. The molecule has 0 unspecified atom stereocenters. The monoisotopic (exact) mass is 401 g/mol. The molecular weight excluding hydrogens is 378 g/mol. The Morgan fingerprint density at radius 3 is 2.69 bits per heavy atom. The zero-order valence-electron chi connectivity index (χ0n) is 16.3. The number of rotatable bonds is 7. The highest BCUT2D eigenvalue weighted by Gasteiger charge is 2.22. The number of carboxylic acids is 1. The minimum Gasteiger partial charge on any atom is -0.497 e. The summed E-state index contributed by atoms with van der Waals surface area (Å²) in [5.74, 6) is -0.592. The largest absolute Gasteiger partial charge is 0.497 e. The number of methoxy groups -OCH3 is 1. The number of anilines is 2. The fourth-order valence-electron chi connectivity index (χ4n) is 2.97. The number of likely N-dealkylation sites (N-methyl/N-ethyl adjacent to an activating group) is 1. The third kappa shape index (κ3) is 5.21. The third-order valence-corrected chi connectivity index (χ3v) is 4.43. The molecule has 1 saturated heterocycles. The lowest BCUT2D eigenvalue weighted by atomic mass is 10.2. The lowest BCUT2D eigenvalue weighted by molar-refractivity contribution is -0.0837. The molecule has 1 aliphatic heterocycles. The second kappa shape index (κ2) is 9.35. The van der Waals surface area contributed by atoms with E-state index in [-0.39, 0.29) is 29.1 Å². The molecular formula is C20H23N3O6. The van der Waals surface area contributed by atoms with Crippen LogP contribution >= 0.6 is 0 Å². The summed E-state index contributed by atoms with van der Waals surface area (Å²) in [5, 5.41) is 12.3. The van der Waals surface area contributed by atoms with E-state index in [0.29, 0.717) is 37.7 Å². The number of nitrogens with one attached hydrogen (secondary N) is 1. The number of hydrogen-bond acceptors (Lipinski definition) is 7. The Bertz CT molecular complexity index is 865. The van der Waals surface area contributed by atoms with Crippen LogP contribution in [0.3, 0.4) is 0 Å². The first-order valence-corrected chi connectivity index (χ1v) is 9.07. The number of aromatic nitrogens is 1. The molecule has 1 amide bonds. The second-order valence-electron chi connectivity index (χ2n) is 6.53. The van der Waals surface area contributed by atoms with E-state index < -0.39 is 5.97 Å². The van der Waals surface area contributed by atoms with Crippen LogP contribution in [0.2, 0.25) is 0 Å². The van der Waals surface area contributed by atoms with E-state index in [2.05, 4.69) is 10.3 Å². The van der Waals surface area contributed by atoms with Crippen molar-refractivity contribution in [3.63, 3.8) is 0 Å². The molecule has 2 N–H and O–H groups in total. The Hall–Kier alpha value is -3.17. The predicted octanol–water partition coefficient (Wildman–Crippen LogP) is 1.89. The molecule has 9 heteroatoms. The summed E-state index contributed by atoms with van der Waals surface area (Å²) in [6.45, 7) is 1.95. The van der Waals surface area contributed by atoms with Crippen molar-refractivity contribution in [1.82, 2.24) is 4.98 Å². The summed E-state index contributed by atoms with van der Waals surface area (Å²) < 4.78 is 16.0. The number of amides is 1. The van der Waals surface area contributed by atoms with Crippen LogP contribution in [0, 0.1) is 0 Å². The van der Waals surface area contributed by atoms with E-state index >= 15 is 0 Å². The maximum absolute atomic E-state index is 12.4. The molecule has 0 saturated carbocycles. The zero-order chi connectivity index (χ0) is 20.8. The number of benzene rings is 1. The van der Waals surface area contributed by atoms with Crippen LogP contribution in [0.15, 0.2) is 36.5 Å². The average molecular weight is 401 g/mol. The van der Waals surface area contributed by atoms with E-state index in [1.54, 1.807) is 43.3 Å². The van der Waals surface area contributed by atoms with Crippen molar-refractivity contribution in [3.8, 4) is 5.75 Å². The van der Waals surface area contributed by atoms with Gasteiger partial charge in [0.25, 0.3) is 5.91 Å². The number of carbonyl (C=O) groups excluding carboxylic acids is 1. The van der Waals surface area contributed by atoms with Gasteiger partial charge in [0.2, 0.25) is 0 Å². The molecule has 9 nitrogen and oxygen atoms in total. The maximum atomic E-state index is 12.4. The van der Waals surface area contributed by atoms with Gasteiger partial charge in [0.15, 0.2) is 0 Å². The third-order valence-electron chi connectivity index (χ3n) is 4.43. The zero-order valence-corrected chi connectivity index (χ0v) is 16.3. The lowest BCUT2D eigenvalue weighted by Gasteiger charge is -2.28. The van der Waals surface area contributed by atoms with Gasteiger partial charge in [-0.2, -0.15) is 0 Å². The summed E-state index contributed by atoms with van der Waals surface area (Å²) >= 11 is 0. The van der Waals surface area contributed by atoms with Gasteiger partial charge >= 0.3 is 5.97 Å². The first-order valence-electron chi connectivity index (χ1n) is 9.07. The minimum absolute atomic E-state index is 0.0169. The molecule has 1 fully saturated rings. The summed E-state index contributed by atoms with van der Waals surface area (Å²) in [6, 6.07) is 7.97. The SMILES string of the molecule is COc1ccc(C(=O)Nc2cnc(N(C)C[C@H]3COCCO3)c(C(=O)O)c2)cc1. The van der Waals surface area contributed by atoms with Crippen LogP contribution in [0.25, 0.3) is 0 Å². The molecule has 0 spiro atoms. The van der Waals surface area contributed by atoms with Gasteiger partial charge in [0, 0.05) is 19.2 Å². The van der Waals surface area contributed by atoms with Crippen molar-refractivity contribution in [3.05, 3.63) is 47.7 Å². The molecule has 154 valence electrons. The fraction of sp³-hybridized carbons (Fsp3) is 0.350. The second-order valence-corrected chi connectivity index (χ2v) is 6.53. The van der Waals surface area contributed by atoms with Gasteiger partial charge < -0.3 is 29.5 Å². The van der Waals surface area contributed by atoms with E-state index in [0.717, 1.165) is 0 Å². The molecule has 1 aromatic heterocycles. The van der Waals surface area contributed by atoms with Crippen molar-refractivity contribution in [2.75, 3.05) is 50.7 Å². The van der Waals surface area contributed by atoms with E-state index in [4.69, 9.17) is 14.2 Å². The average Bonchev–Trinajstić information content (AvgIpc) is 2.74.